The number of rotatable bonds is 8. The highest BCUT2D eigenvalue weighted by molar-refractivity contribution is 6.29. The molecule has 0 fully saturated rings. The molecule has 7 nitrogen and oxygen atoms in total. The number of aryl methyl sites for hydroxylation is 1. The minimum absolute atomic E-state index is 0.00234. The fraction of sp³-hybridized carbons (Fsp3) is 0.238. The Morgan fingerprint density at radius 1 is 1.25 bits per heavy atom. The van der Waals surface area contributed by atoms with Gasteiger partial charge in [0.05, 0.1) is 16.9 Å². The molecule has 0 bridgehead atoms. The number of amides is 1. The van der Waals surface area contributed by atoms with Crippen molar-refractivity contribution < 1.29 is 28.2 Å². The summed E-state index contributed by atoms with van der Waals surface area (Å²) in [7, 11) is 5.66. The molecular formula is C21H19BClF2N3O4. The molecule has 2 rings (SSSR count). The number of nitrogens with zero attached hydrogens (tertiary/aromatic N) is 3. The Hall–Kier alpha value is -3.11. The van der Waals surface area contributed by atoms with Crippen molar-refractivity contribution in [3.63, 3.8) is 0 Å². The van der Waals surface area contributed by atoms with Crippen molar-refractivity contribution in [2.45, 2.75) is 33.4 Å². The molecule has 0 saturated heterocycles. The summed E-state index contributed by atoms with van der Waals surface area (Å²) in [5.74, 6) is -2.71. The van der Waals surface area contributed by atoms with E-state index in [-0.39, 0.29) is 28.0 Å². The van der Waals surface area contributed by atoms with Crippen molar-refractivity contribution in [3.05, 3.63) is 75.7 Å². The summed E-state index contributed by atoms with van der Waals surface area (Å²) in [5.41, 5.74) is -2.21. The molecule has 0 aliphatic heterocycles. The van der Waals surface area contributed by atoms with E-state index in [4.69, 9.17) is 24.2 Å². The second-order valence-electron chi connectivity index (χ2n) is 6.85. The van der Waals surface area contributed by atoms with Crippen molar-refractivity contribution in [2.24, 2.45) is 0 Å². The van der Waals surface area contributed by atoms with E-state index in [1.54, 1.807) is 6.92 Å². The molecule has 1 atom stereocenters. The third-order valence-electron chi connectivity index (χ3n) is 4.27. The molecule has 166 valence electrons. The van der Waals surface area contributed by atoms with E-state index < -0.39 is 23.0 Å². The Balaban J connectivity index is 2.45. The lowest BCUT2D eigenvalue weighted by Gasteiger charge is -2.27. The van der Waals surface area contributed by atoms with Gasteiger partial charge in [-0.15, -0.1) is 0 Å². The largest absolute Gasteiger partial charge is 0.465 e. The summed E-state index contributed by atoms with van der Waals surface area (Å²) in [6.07, 6.45) is 3.86. The molecule has 1 unspecified atom stereocenters. The molecule has 0 aromatic carbocycles. The van der Waals surface area contributed by atoms with Crippen LogP contribution in [0.5, 0.6) is 0 Å². The summed E-state index contributed by atoms with van der Waals surface area (Å²) in [6.45, 7) is 5.96. The molecule has 0 spiro atoms. The van der Waals surface area contributed by atoms with Crippen molar-refractivity contribution in [3.8, 4) is 0 Å². The monoisotopic (exact) mass is 461 g/mol. The maximum Gasteiger partial charge on any atom is 0.218 e. The predicted molar refractivity (Wildman–Crippen MR) is 115 cm³/mol. The number of allylic oxidation sites excluding steroid dienone is 3. The number of aromatic nitrogens is 2. The Morgan fingerprint density at radius 2 is 1.91 bits per heavy atom. The zero-order valence-electron chi connectivity index (χ0n) is 17.7. The van der Waals surface area contributed by atoms with Gasteiger partial charge in [-0.25, -0.2) is 13.8 Å². The highest BCUT2D eigenvalue weighted by Crippen LogP contribution is 2.29. The van der Waals surface area contributed by atoms with Gasteiger partial charge >= 0.3 is 0 Å². The number of pyridine rings is 2. The van der Waals surface area contributed by atoms with Crippen molar-refractivity contribution in [2.75, 3.05) is 4.90 Å². The molecule has 0 aliphatic carbocycles. The average molecular weight is 462 g/mol. The second-order valence-corrected chi connectivity index (χ2v) is 7.42. The van der Waals surface area contributed by atoms with E-state index in [1.165, 1.54) is 44.0 Å². The number of aliphatic hydroxyl groups is 1. The van der Waals surface area contributed by atoms with Gasteiger partial charge in [0.2, 0.25) is 12.1 Å². The van der Waals surface area contributed by atoms with Gasteiger partial charge in [0.25, 0.3) is 0 Å². The molecule has 2 aromatic rings. The van der Waals surface area contributed by atoms with Gasteiger partial charge < -0.3 is 9.84 Å². The lowest BCUT2D eigenvalue weighted by Crippen LogP contribution is -2.32. The highest BCUT2D eigenvalue weighted by Gasteiger charge is 2.31. The zero-order valence-corrected chi connectivity index (χ0v) is 18.4. The topological polar surface area (TPSA) is 92.6 Å². The minimum Gasteiger partial charge on any atom is -0.465 e. The highest BCUT2D eigenvalue weighted by atomic mass is 35.5. The van der Waals surface area contributed by atoms with Gasteiger partial charge in [-0.3, -0.25) is 19.5 Å². The number of hydrogen-bond donors (Lipinski definition) is 1. The van der Waals surface area contributed by atoms with Crippen molar-refractivity contribution in [1.82, 2.24) is 9.97 Å². The standard InChI is InChI=1S/C21H19BClF2N3O4/c1-11-8-26-17(14(4)30)7-18(11)28(10-29)12(2)5-19(13(3)23)32-21(22,31)20-16(25)6-15(24)9-27-20/h5-10,31H,1-4H3/b12-5-,19-13-. The molecule has 2 heterocycles. The summed E-state index contributed by atoms with van der Waals surface area (Å²) in [6, 6.07) is 1.92. The molecular weight excluding hydrogens is 443 g/mol. The number of hydrogen-bond acceptors (Lipinski definition) is 6. The van der Waals surface area contributed by atoms with Crippen molar-refractivity contribution >= 4 is 37.3 Å². The van der Waals surface area contributed by atoms with Crippen LogP contribution in [0.1, 0.15) is 42.5 Å². The molecule has 2 aromatic heterocycles. The summed E-state index contributed by atoms with van der Waals surface area (Å²) in [5, 5.41) is 10.4. The van der Waals surface area contributed by atoms with Gasteiger partial charge in [-0.1, -0.05) is 11.6 Å². The van der Waals surface area contributed by atoms with Gasteiger partial charge in [0.15, 0.2) is 19.4 Å². The first kappa shape index (κ1) is 25.2. The van der Waals surface area contributed by atoms with Gasteiger partial charge in [-0.2, -0.15) is 0 Å². The van der Waals surface area contributed by atoms with Crippen LogP contribution in [0, 0.1) is 18.6 Å². The van der Waals surface area contributed by atoms with Crippen LogP contribution in [0.4, 0.5) is 14.5 Å². The molecule has 32 heavy (non-hydrogen) atoms. The van der Waals surface area contributed by atoms with E-state index in [0.717, 1.165) is 0 Å². The molecule has 1 amide bonds. The Labute approximate surface area is 189 Å². The van der Waals surface area contributed by atoms with Crippen LogP contribution < -0.4 is 4.90 Å². The normalized spacial score (nSPS) is 14.3. The second kappa shape index (κ2) is 10.0. The number of Topliss-reactive ketones (excluding diaryl/α,β-unsaturated/α-hetero) is 1. The summed E-state index contributed by atoms with van der Waals surface area (Å²) in [4.78, 5) is 32.1. The molecule has 2 radical (unpaired) electrons. The number of anilines is 1. The Morgan fingerprint density at radius 3 is 2.44 bits per heavy atom. The third kappa shape index (κ3) is 5.77. The molecule has 1 N–H and O–H groups in total. The molecule has 11 heteroatoms. The third-order valence-corrected chi connectivity index (χ3v) is 4.46. The summed E-state index contributed by atoms with van der Waals surface area (Å²) >= 11 is 6.05. The van der Waals surface area contributed by atoms with Crippen LogP contribution in [0.15, 0.2) is 47.1 Å². The average Bonchev–Trinajstić information content (AvgIpc) is 2.68. The number of halogens is 3. The van der Waals surface area contributed by atoms with E-state index in [2.05, 4.69) is 9.97 Å². The number of carbonyl (C=O) groups is 2. The van der Waals surface area contributed by atoms with Crippen LogP contribution in [0.2, 0.25) is 0 Å². The smallest absolute Gasteiger partial charge is 0.218 e. The maximum absolute atomic E-state index is 14.0. The minimum atomic E-state index is -2.81. The van der Waals surface area contributed by atoms with Crippen molar-refractivity contribution in [1.29, 1.82) is 0 Å². The molecule has 0 saturated carbocycles. The van der Waals surface area contributed by atoms with Crippen LogP contribution >= 0.6 is 11.6 Å². The quantitative estimate of drug-likeness (QED) is 0.161. The fourth-order valence-corrected chi connectivity index (χ4v) is 2.74. The zero-order chi connectivity index (χ0) is 24.2. The van der Waals surface area contributed by atoms with E-state index in [1.807, 2.05) is 0 Å². The SMILES string of the molecule is [B]C(O)(OC(/C=C(/C)N(C=O)c1cc(C(C)=O)ncc1C)=C(/C)Cl)c1ncc(F)cc1F. The lowest BCUT2D eigenvalue weighted by atomic mass is 9.90. The summed E-state index contributed by atoms with van der Waals surface area (Å²) < 4.78 is 32.4. The predicted octanol–water partition coefficient (Wildman–Crippen LogP) is 3.59. The first-order valence-electron chi connectivity index (χ1n) is 9.16. The van der Waals surface area contributed by atoms with Crippen LogP contribution in [-0.4, -0.2) is 35.1 Å². The first-order chi connectivity index (χ1) is 14.9. The Kier molecular flexibility index (Phi) is 7.87. The fourth-order valence-electron chi connectivity index (χ4n) is 2.65. The number of ether oxygens (including phenoxy) is 1. The first-order valence-corrected chi connectivity index (χ1v) is 9.53. The van der Waals surface area contributed by atoms with E-state index in [0.29, 0.717) is 29.9 Å². The molecule has 0 aliphatic rings. The van der Waals surface area contributed by atoms with Crippen LogP contribution in [-0.2, 0) is 15.2 Å². The van der Waals surface area contributed by atoms with Crippen LogP contribution in [0.3, 0.4) is 0 Å². The number of ketones is 1. The Bertz CT molecular complexity index is 1120. The van der Waals surface area contributed by atoms with Gasteiger partial charge in [-0.05, 0) is 32.4 Å². The number of carbonyl (C=O) groups excluding carboxylic acids is 2. The van der Waals surface area contributed by atoms with Gasteiger partial charge in [0, 0.05) is 31.0 Å². The van der Waals surface area contributed by atoms with E-state index >= 15 is 0 Å². The van der Waals surface area contributed by atoms with Gasteiger partial charge in [0.1, 0.15) is 23.0 Å². The van der Waals surface area contributed by atoms with Crippen LogP contribution in [0.25, 0.3) is 0 Å². The van der Waals surface area contributed by atoms with E-state index in [9.17, 15) is 23.5 Å². The lowest BCUT2D eigenvalue weighted by molar-refractivity contribution is -0.115. The maximum atomic E-state index is 14.0.